The fourth-order valence-corrected chi connectivity index (χ4v) is 8.62. The fourth-order valence-electron chi connectivity index (χ4n) is 7.49. The summed E-state index contributed by atoms with van der Waals surface area (Å²) in [6, 6.07) is 52.1. The minimum absolute atomic E-state index is 0.577. The first kappa shape index (κ1) is 28.2. The molecule has 7 aromatic carbocycles. The number of fused-ring (bicyclic) bond motifs is 9. The Morgan fingerprint density at radius 3 is 1.71 bits per heavy atom. The maximum atomic E-state index is 6.49. The van der Waals surface area contributed by atoms with Crippen molar-refractivity contribution in [2.24, 2.45) is 0 Å². The molecule has 0 unspecified atom stereocenters. The van der Waals surface area contributed by atoms with Crippen molar-refractivity contribution >= 4 is 75.4 Å². The number of rotatable bonds is 4. The molecule has 0 fully saturated rings. The summed E-state index contributed by atoms with van der Waals surface area (Å²) in [5.41, 5.74) is 8.24. The quantitative estimate of drug-likeness (QED) is 0.186. The van der Waals surface area contributed by atoms with Gasteiger partial charge in [0.2, 0.25) is 0 Å². The normalized spacial score (nSPS) is 11.9. The molecule has 11 rings (SSSR count). The van der Waals surface area contributed by atoms with E-state index in [1.807, 2.05) is 84.1 Å². The molecule has 0 saturated heterocycles. The van der Waals surface area contributed by atoms with Gasteiger partial charge in [0.15, 0.2) is 17.5 Å². The summed E-state index contributed by atoms with van der Waals surface area (Å²) in [5.74, 6) is 1.76. The van der Waals surface area contributed by atoms with Gasteiger partial charge in [0, 0.05) is 58.4 Å². The second-order valence-electron chi connectivity index (χ2n) is 12.7. The second kappa shape index (κ2) is 10.9. The van der Waals surface area contributed by atoms with Gasteiger partial charge in [-0.15, -0.1) is 11.3 Å². The maximum absolute atomic E-state index is 6.49. The van der Waals surface area contributed by atoms with Crippen LogP contribution in [0.3, 0.4) is 0 Å². The lowest BCUT2D eigenvalue weighted by atomic mass is 9.97. The third-order valence-corrected chi connectivity index (χ3v) is 10.9. The van der Waals surface area contributed by atoms with E-state index in [4.69, 9.17) is 23.8 Å². The van der Waals surface area contributed by atoms with Crippen molar-refractivity contribution < 1.29 is 8.83 Å². The van der Waals surface area contributed by atoms with E-state index in [-0.39, 0.29) is 0 Å². The predicted octanol–water partition coefficient (Wildman–Crippen LogP) is 12.7. The van der Waals surface area contributed by atoms with Crippen LogP contribution >= 0.6 is 11.3 Å². The molecule has 0 N–H and O–H groups in total. The zero-order chi connectivity index (χ0) is 33.5. The molecule has 51 heavy (non-hydrogen) atoms. The van der Waals surface area contributed by atoms with Crippen LogP contribution in [0.2, 0.25) is 0 Å². The minimum Gasteiger partial charge on any atom is -0.456 e. The van der Waals surface area contributed by atoms with Crippen LogP contribution in [-0.4, -0.2) is 15.0 Å². The number of hydrogen-bond donors (Lipinski definition) is 0. The number of thiophene rings is 1. The molecule has 6 heteroatoms. The van der Waals surface area contributed by atoms with Crippen molar-refractivity contribution in [1.29, 1.82) is 0 Å². The van der Waals surface area contributed by atoms with E-state index >= 15 is 0 Å². The van der Waals surface area contributed by atoms with Gasteiger partial charge in [-0.3, -0.25) is 0 Å². The molecular weight excluding hydrogens is 647 g/mol. The van der Waals surface area contributed by atoms with Gasteiger partial charge < -0.3 is 8.83 Å². The van der Waals surface area contributed by atoms with E-state index in [0.717, 1.165) is 66.1 Å². The van der Waals surface area contributed by atoms with Gasteiger partial charge in [-0.25, -0.2) is 15.0 Å². The van der Waals surface area contributed by atoms with Crippen LogP contribution in [-0.2, 0) is 0 Å². The van der Waals surface area contributed by atoms with Crippen molar-refractivity contribution in [3.63, 3.8) is 0 Å². The fraction of sp³-hybridized carbons (Fsp3) is 0. The average molecular weight is 672 g/mol. The number of benzene rings is 7. The van der Waals surface area contributed by atoms with Crippen molar-refractivity contribution in [3.8, 4) is 45.3 Å². The summed E-state index contributed by atoms with van der Waals surface area (Å²) in [7, 11) is 0. The first-order valence-electron chi connectivity index (χ1n) is 16.9. The molecule has 11 aromatic rings. The van der Waals surface area contributed by atoms with E-state index in [0.29, 0.717) is 17.5 Å². The standard InChI is InChI=1S/C45H25N3O2S/c1-2-11-26(12-3-1)43-46-44(31-16-8-19-36-40(31)29-13-4-6-18-34(29)49-36)48-45(47-43)32-17-9-20-37-41(32)33-25-27(23-24-35(33)50-37)28-15-10-22-39-42(28)30-14-5-7-21-38(30)51-39/h1-25H. The van der Waals surface area contributed by atoms with Crippen LogP contribution in [0.1, 0.15) is 0 Å². The van der Waals surface area contributed by atoms with Crippen LogP contribution in [0.5, 0.6) is 0 Å². The molecule has 238 valence electrons. The molecule has 0 saturated carbocycles. The van der Waals surface area contributed by atoms with Crippen LogP contribution in [0.4, 0.5) is 0 Å². The van der Waals surface area contributed by atoms with Gasteiger partial charge >= 0.3 is 0 Å². The Balaban J connectivity index is 1.17. The minimum atomic E-state index is 0.577. The van der Waals surface area contributed by atoms with Crippen molar-refractivity contribution in [2.75, 3.05) is 0 Å². The van der Waals surface area contributed by atoms with E-state index < -0.39 is 0 Å². The zero-order valence-corrected chi connectivity index (χ0v) is 27.8. The number of nitrogens with zero attached hydrogens (tertiary/aromatic N) is 3. The molecule has 4 heterocycles. The molecule has 0 aliphatic heterocycles. The Hall–Kier alpha value is -6.63. The summed E-state index contributed by atoms with van der Waals surface area (Å²) in [6.45, 7) is 0. The highest BCUT2D eigenvalue weighted by molar-refractivity contribution is 7.25. The number of hydrogen-bond acceptors (Lipinski definition) is 6. The highest BCUT2D eigenvalue weighted by atomic mass is 32.1. The molecule has 0 bridgehead atoms. The molecule has 5 nitrogen and oxygen atoms in total. The van der Waals surface area contributed by atoms with Crippen molar-refractivity contribution in [2.45, 2.75) is 0 Å². The Labute approximate surface area is 295 Å². The Bertz CT molecular complexity index is 3160. The largest absolute Gasteiger partial charge is 0.456 e. The summed E-state index contributed by atoms with van der Waals surface area (Å²) < 4.78 is 15.3. The third kappa shape index (κ3) is 4.37. The summed E-state index contributed by atoms with van der Waals surface area (Å²) >= 11 is 1.83. The Morgan fingerprint density at radius 1 is 0.353 bits per heavy atom. The predicted molar refractivity (Wildman–Crippen MR) is 209 cm³/mol. The smallest absolute Gasteiger partial charge is 0.164 e. The number of aromatic nitrogens is 3. The van der Waals surface area contributed by atoms with Crippen LogP contribution in [0.15, 0.2) is 160 Å². The Morgan fingerprint density at radius 2 is 0.922 bits per heavy atom. The molecule has 4 aromatic heterocycles. The van der Waals surface area contributed by atoms with Crippen LogP contribution < -0.4 is 0 Å². The maximum Gasteiger partial charge on any atom is 0.164 e. The van der Waals surface area contributed by atoms with Crippen molar-refractivity contribution in [1.82, 2.24) is 15.0 Å². The number of para-hydroxylation sites is 1. The topological polar surface area (TPSA) is 65.0 Å². The van der Waals surface area contributed by atoms with Gasteiger partial charge in [0.05, 0.1) is 0 Å². The molecule has 0 aliphatic carbocycles. The van der Waals surface area contributed by atoms with Gasteiger partial charge in [-0.2, -0.15) is 0 Å². The highest BCUT2D eigenvalue weighted by Crippen LogP contribution is 2.43. The van der Waals surface area contributed by atoms with E-state index in [1.54, 1.807) is 0 Å². The summed E-state index contributed by atoms with van der Waals surface area (Å²) in [5, 5.41) is 6.55. The first-order chi connectivity index (χ1) is 25.3. The lowest BCUT2D eigenvalue weighted by Gasteiger charge is -2.10. The van der Waals surface area contributed by atoms with Gasteiger partial charge in [0.25, 0.3) is 0 Å². The summed E-state index contributed by atoms with van der Waals surface area (Å²) in [6.07, 6.45) is 0. The van der Waals surface area contributed by atoms with Crippen LogP contribution in [0.25, 0.3) is 109 Å². The van der Waals surface area contributed by atoms with Gasteiger partial charge in [-0.1, -0.05) is 109 Å². The van der Waals surface area contributed by atoms with E-state index in [9.17, 15) is 0 Å². The average Bonchev–Trinajstić information content (AvgIpc) is 3.89. The molecule has 0 amide bonds. The van der Waals surface area contributed by atoms with Gasteiger partial charge in [0.1, 0.15) is 22.3 Å². The Kier molecular flexibility index (Phi) is 6.05. The summed E-state index contributed by atoms with van der Waals surface area (Å²) in [4.78, 5) is 15.4. The molecule has 0 aliphatic rings. The molecule has 0 atom stereocenters. The molecule has 0 radical (unpaired) electrons. The van der Waals surface area contributed by atoms with Gasteiger partial charge in [-0.05, 0) is 53.6 Å². The molecular formula is C45H25N3O2S. The van der Waals surface area contributed by atoms with Crippen molar-refractivity contribution in [3.05, 3.63) is 152 Å². The third-order valence-electron chi connectivity index (χ3n) is 9.76. The monoisotopic (exact) mass is 671 g/mol. The SMILES string of the molecule is c1ccc(-c2nc(-c3cccc4oc5ccccc5c34)nc(-c3cccc4oc5ccc(-c6cccc7sc8ccccc8c67)cc5c34)n2)cc1. The number of furan rings is 2. The highest BCUT2D eigenvalue weighted by Gasteiger charge is 2.21. The van der Waals surface area contributed by atoms with E-state index in [1.165, 1.54) is 25.7 Å². The second-order valence-corrected chi connectivity index (χ2v) is 13.8. The lowest BCUT2D eigenvalue weighted by Crippen LogP contribution is -2.00. The lowest BCUT2D eigenvalue weighted by molar-refractivity contribution is 0.668. The molecule has 0 spiro atoms. The first-order valence-corrected chi connectivity index (χ1v) is 17.7. The van der Waals surface area contributed by atoms with E-state index in [2.05, 4.69) is 78.9 Å². The van der Waals surface area contributed by atoms with Crippen LogP contribution in [0, 0.1) is 0 Å². The zero-order valence-electron chi connectivity index (χ0n) is 27.0.